The summed E-state index contributed by atoms with van der Waals surface area (Å²) in [7, 11) is 1.79. The SMILES string of the molecule is CN=C(NCc1cccc(Cn2cncn2)c1)NCC1(C)CCCO1. The van der Waals surface area contributed by atoms with E-state index < -0.39 is 0 Å². The first kappa shape index (κ1) is 17.4. The molecule has 0 radical (unpaired) electrons. The molecule has 2 heterocycles. The molecule has 1 saturated heterocycles. The number of nitrogens with one attached hydrogen (secondary N) is 2. The van der Waals surface area contributed by atoms with E-state index in [2.05, 4.69) is 56.9 Å². The van der Waals surface area contributed by atoms with E-state index in [-0.39, 0.29) is 5.60 Å². The van der Waals surface area contributed by atoms with Crippen LogP contribution in [0.15, 0.2) is 41.9 Å². The molecular formula is C18H26N6O. The first-order valence-electron chi connectivity index (χ1n) is 8.66. The Morgan fingerprint density at radius 3 is 2.96 bits per heavy atom. The standard InChI is InChI=1S/C18H26N6O/c1-18(7-4-8-25-18)12-22-17(19-2)21-10-15-5-3-6-16(9-15)11-24-14-20-13-23-24/h3,5-6,9,13-14H,4,7-8,10-12H2,1-2H3,(H2,19,21,22). The van der Waals surface area contributed by atoms with Gasteiger partial charge < -0.3 is 15.4 Å². The van der Waals surface area contributed by atoms with Gasteiger partial charge in [-0.25, -0.2) is 9.67 Å². The monoisotopic (exact) mass is 342 g/mol. The van der Waals surface area contributed by atoms with E-state index in [1.54, 1.807) is 19.7 Å². The first-order chi connectivity index (χ1) is 12.2. The van der Waals surface area contributed by atoms with Gasteiger partial charge in [0, 0.05) is 26.7 Å². The minimum Gasteiger partial charge on any atom is -0.373 e. The molecule has 1 atom stereocenters. The molecule has 0 bridgehead atoms. The number of aromatic nitrogens is 3. The lowest BCUT2D eigenvalue weighted by molar-refractivity contribution is 0.0243. The predicted molar refractivity (Wildman–Crippen MR) is 97.4 cm³/mol. The number of aliphatic imine (C=N–C) groups is 1. The van der Waals surface area contributed by atoms with Crippen LogP contribution in [-0.2, 0) is 17.8 Å². The van der Waals surface area contributed by atoms with Crippen LogP contribution in [-0.4, -0.2) is 46.5 Å². The third-order valence-corrected chi connectivity index (χ3v) is 4.42. The molecule has 0 saturated carbocycles. The molecule has 1 aliphatic heterocycles. The van der Waals surface area contributed by atoms with Gasteiger partial charge in [0.1, 0.15) is 12.7 Å². The Bertz CT molecular complexity index is 691. The van der Waals surface area contributed by atoms with Gasteiger partial charge >= 0.3 is 0 Å². The highest BCUT2D eigenvalue weighted by Gasteiger charge is 2.29. The van der Waals surface area contributed by atoms with Gasteiger partial charge in [0.05, 0.1) is 12.1 Å². The van der Waals surface area contributed by atoms with Gasteiger partial charge in [0.2, 0.25) is 0 Å². The van der Waals surface area contributed by atoms with Crippen molar-refractivity contribution in [1.29, 1.82) is 0 Å². The van der Waals surface area contributed by atoms with Crippen LogP contribution in [0.2, 0.25) is 0 Å². The van der Waals surface area contributed by atoms with Crippen molar-refractivity contribution in [2.75, 3.05) is 20.2 Å². The van der Waals surface area contributed by atoms with Crippen LogP contribution in [0.4, 0.5) is 0 Å². The van der Waals surface area contributed by atoms with Crippen molar-refractivity contribution >= 4 is 5.96 Å². The van der Waals surface area contributed by atoms with Crippen LogP contribution >= 0.6 is 0 Å². The average Bonchev–Trinajstić information content (AvgIpc) is 3.28. The van der Waals surface area contributed by atoms with Crippen LogP contribution in [0, 0.1) is 0 Å². The smallest absolute Gasteiger partial charge is 0.191 e. The fourth-order valence-corrected chi connectivity index (χ4v) is 2.99. The topological polar surface area (TPSA) is 76.4 Å². The van der Waals surface area contributed by atoms with Crippen LogP contribution in [0.25, 0.3) is 0 Å². The third kappa shape index (κ3) is 5.03. The Kier molecular flexibility index (Phi) is 5.65. The number of hydrogen-bond acceptors (Lipinski definition) is 4. The Hall–Kier alpha value is -2.41. The minimum absolute atomic E-state index is 0.0880. The number of guanidine groups is 1. The molecular weight excluding hydrogens is 316 g/mol. The van der Waals surface area contributed by atoms with Crippen LogP contribution < -0.4 is 10.6 Å². The van der Waals surface area contributed by atoms with Gasteiger partial charge in [-0.15, -0.1) is 0 Å². The number of hydrogen-bond donors (Lipinski definition) is 2. The molecule has 0 amide bonds. The molecule has 3 rings (SSSR count). The maximum absolute atomic E-state index is 5.81. The van der Waals surface area contributed by atoms with Crippen LogP contribution in [0.1, 0.15) is 30.9 Å². The largest absolute Gasteiger partial charge is 0.373 e. The highest BCUT2D eigenvalue weighted by molar-refractivity contribution is 5.79. The van der Waals surface area contributed by atoms with Crippen molar-refractivity contribution in [2.24, 2.45) is 4.99 Å². The zero-order valence-corrected chi connectivity index (χ0v) is 14.9. The second-order valence-corrected chi connectivity index (χ2v) is 6.59. The molecule has 25 heavy (non-hydrogen) atoms. The van der Waals surface area contributed by atoms with Crippen molar-refractivity contribution in [3.63, 3.8) is 0 Å². The maximum Gasteiger partial charge on any atom is 0.191 e. The molecule has 1 aromatic heterocycles. The van der Waals surface area contributed by atoms with Crippen molar-refractivity contribution in [3.8, 4) is 0 Å². The van der Waals surface area contributed by atoms with Crippen molar-refractivity contribution in [3.05, 3.63) is 48.0 Å². The molecule has 0 aliphatic carbocycles. The van der Waals surface area contributed by atoms with Crippen LogP contribution in [0.5, 0.6) is 0 Å². The van der Waals surface area contributed by atoms with Crippen molar-refractivity contribution < 1.29 is 4.74 Å². The van der Waals surface area contributed by atoms with Gasteiger partial charge in [-0.3, -0.25) is 4.99 Å². The Morgan fingerprint density at radius 2 is 2.24 bits per heavy atom. The minimum atomic E-state index is -0.0880. The fraction of sp³-hybridized carbons (Fsp3) is 0.500. The van der Waals surface area contributed by atoms with E-state index in [0.29, 0.717) is 6.54 Å². The lowest BCUT2D eigenvalue weighted by Crippen LogP contribution is -2.45. The van der Waals surface area contributed by atoms with Crippen molar-refractivity contribution in [1.82, 2.24) is 25.4 Å². The summed E-state index contributed by atoms with van der Waals surface area (Å²) >= 11 is 0. The summed E-state index contributed by atoms with van der Waals surface area (Å²) in [5.74, 6) is 0.790. The molecule has 2 aromatic rings. The molecule has 0 spiro atoms. The summed E-state index contributed by atoms with van der Waals surface area (Å²) in [5.41, 5.74) is 2.30. The van der Waals surface area contributed by atoms with Gasteiger partial charge in [-0.2, -0.15) is 5.10 Å². The summed E-state index contributed by atoms with van der Waals surface area (Å²) in [6.45, 7) is 5.19. The van der Waals surface area contributed by atoms with E-state index >= 15 is 0 Å². The van der Waals surface area contributed by atoms with Gasteiger partial charge in [-0.05, 0) is 30.9 Å². The first-order valence-corrected chi connectivity index (χ1v) is 8.66. The molecule has 1 fully saturated rings. The fourth-order valence-electron chi connectivity index (χ4n) is 2.99. The molecule has 1 unspecified atom stereocenters. The number of ether oxygens (including phenoxy) is 1. The van der Waals surface area contributed by atoms with E-state index in [9.17, 15) is 0 Å². The number of nitrogens with zero attached hydrogens (tertiary/aromatic N) is 4. The van der Waals surface area contributed by atoms with E-state index in [1.165, 1.54) is 11.1 Å². The van der Waals surface area contributed by atoms with E-state index in [4.69, 9.17) is 4.74 Å². The Balaban J connectivity index is 1.51. The quantitative estimate of drug-likeness (QED) is 0.615. The number of rotatable bonds is 6. The average molecular weight is 342 g/mol. The summed E-state index contributed by atoms with van der Waals surface area (Å²) < 4.78 is 7.62. The summed E-state index contributed by atoms with van der Waals surface area (Å²) in [6, 6.07) is 8.43. The summed E-state index contributed by atoms with van der Waals surface area (Å²) in [4.78, 5) is 8.27. The zero-order chi connectivity index (χ0) is 17.5. The molecule has 1 aliphatic rings. The zero-order valence-electron chi connectivity index (χ0n) is 14.9. The second-order valence-electron chi connectivity index (χ2n) is 6.59. The predicted octanol–water partition coefficient (Wildman–Crippen LogP) is 1.56. The lowest BCUT2D eigenvalue weighted by atomic mass is 10.0. The van der Waals surface area contributed by atoms with Crippen LogP contribution in [0.3, 0.4) is 0 Å². The van der Waals surface area contributed by atoms with E-state index in [1.807, 2.05) is 4.68 Å². The lowest BCUT2D eigenvalue weighted by Gasteiger charge is -2.24. The van der Waals surface area contributed by atoms with Gasteiger partial charge in [0.25, 0.3) is 0 Å². The van der Waals surface area contributed by atoms with Gasteiger partial charge in [0.15, 0.2) is 5.96 Å². The molecule has 2 N–H and O–H groups in total. The maximum atomic E-state index is 5.81. The number of benzene rings is 1. The summed E-state index contributed by atoms with van der Waals surface area (Å²) in [6.07, 6.45) is 5.49. The third-order valence-electron chi connectivity index (χ3n) is 4.42. The summed E-state index contributed by atoms with van der Waals surface area (Å²) in [5, 5.41) is 10.9. The Morgan fingerprint density at radius 1 is 1.36 bits per heavy atom. The van der Waals surface area contributed by atoms with Crippen molar-refractivity contribution in [2.45, 2.75) is 38.5 Å². The Labute approximate surface area is 148 Å². The van der Waals surface area contributed by atoms with Gasteiger partial charge in [-0.1, -0.05) is 24.3 Å². The van der Waals surface area contributed by atoms with E-state index in [0.717, 1.165) is 38.5 Å². The molecule has 134 valence electrons. The normalized spacial score (nSPS) is 20.6. The molecule has 7 nitrogen and oxygen atoms in total. The highest BCUT2D eigenvalue weighted by atomic mass is 16.5. The second kappa shape index (κ2) is 8.11. The molecule has 1 aromatic carbocycles. The molecule has 7 heteroatoms. The highest BCUT2D eigenvalue weighted by Crippen LogP contribution is 2.23.